The molecule has 42 valence electrons. The van der Waals surface area contributed by atoms with Gasteiger partial charge in [0.2, 0.25) is 0 Å². The van der Waals surface area contributed by atoms with Crippen molar-refractivity contribution in [3.8, 4) is 0 Å². The molecule has 3 N–H and O–H groups in total. The fourth-order valence-corrected chi connectivity index (χ4v) is 0.0787. The normalized spacial score (nSPS) is 26.4. The van der Waals surface area contributed by atoms with Gasteiger partial charge in [0.15, 0.2) is 0 Å². The van der Waals surface area contributed by atoms with E-state index in [9.17, 15) is 4.79 Å². The van der Waals surface area contributed by atoms with Crippen molar-refractivity contribution in [2.24, 2.45) is 5.73 Å². The molecule has 0 fully saturated rings. The minimum Gasteiger partial charge on any atom is -0.394 e. The van der Waals surface area contributed by atoms with Crippen molar-refractivity contribution in [3.05, 3.63) is 0 Å². The Morgan fingerprint density at radius 3 is 2.86 bits per heavy atom. The standard InChI is InChI=1S/C4H9NO2/c1-3(7)4(5)2-6/h4,6H,2,5H2,1H3/t4-/m1/s1/i2D2,4D. The molecule has 3 heteroatoms. The van der Waals surface area contributed by atoms with Gasteiger partial charge in [0.1, 0.15) is 5.78 Å². The van der Waals surface area contributed by atoms with Crippen LogP contribution in [-0.4, -0.2) is 23.5 Å². The van der Waals surface area contributed by atoms with Gasteiger partial charge in [-0.2, -0.15) is 0 Å². The number of rotatable bonds is 2. The van der Waals surface area contributed by atoms with Gasteiger partial charge < -0.3 is 10.8 Å². The zero-order valence-corrected chi connectivity index (χ0v) is 3.93. The van der Waals surface area contributed by atoms with Gasteiger partial charge in [-0.15, -0.1) is 0 Å². The van der Waals surface area contributed by atoms with E-state index in [1.165, 1.54) is 0 Å². The smallest absolute Gasteiger partial charge is 0.148 e. The summed E-state index contributed by atoms with van der Waals surface area (Å²) in [6.07, 6.45) is 0. The molecule has 3 nitrogen and oxygen atoms in total. The molecule has 0 aromatic carbocycles. The van der Waals surface area contributed by atoms with E-state index < -0.39 is 18.4 Å². The summed E-state index contributed by atoms with van der Waals surface area (Å²) in [5.74, 6) is -0.917. The van der Waals surface area contributed by atoms with E-state index in [-0.39, 0.29) is 0 Å². The Balaban J connectivity index is 4.57. The Labute approximate surface area is 46.3 Å². The summed E-state index contributed by atoms with van der Waals surface area (Å²) in [6, 6.07) is -2.56. The first-order valence-corrected chi connectivity index (χ1v) is 1.72. The topological polar surface area (TPSA) is 63.3 Å². The van der Waals surface area contributed by atoms with E-state index in [1.807, 2.05) is 0 Å². The molecule has 0 aromatic rings. The van der Waals surface area contributed by atoms with E-state index in [1.54, 1.807) is 0 Å². The first-order valence-electron chi connectivity index (χ1n) is 3.22. The molecule has 0 aliphatic carbocycles. The van der Waals surface area contributed by atoms with Crippen LogP contribution in [0.1, 0.15) is 11.0 Å². The van der Waals surface area contributed by atoms with Crippen molar-refractivity contribution < 1.29 is 14.0 Å². The lowest BCUT2D eigenvalue weighted by molar-refractivity contribution is -0.118. The van der Waals surface area contributed by atoms with E-state index in [0.29, 0.717) is 0 Å². The lowest BCUT2D eigenvalue weighted by atomic mass is 10.2. The van der Waals surface area contributed by atoms with Crippen LogP contribution in [0.3, 0.4) is 0 Å². The summed E-state index contributed by atoms with van der Waals surface area (Å²) < 4.78 is 19.9. The zero-order chi connectivity index (χ0) is 8.58. The largest absolute Gasteiger partial charge is 0.394 e. The molecule has 0 saturated carbocycles. The first-order chi connectivity index (χ1) is 4.19. The fourth-order valence-electron chi connectivity index (χ4n) is 0.0787. The van der Waals surface area contributed by atoms with Crippen LogP contribution in [0, 0.1) is 0 Å². The van der Waals surface area contributed by atoms with E-state index >= 15 is 0 Å². The molecule has 1 atom stereocenters. The highest BCUT2D eigenvalue weighted by Gasteiger charge is 2.02. The van der Waals surface area contributed by atoms with Crippen molar-refractivity contribution in [2.45, 2.75) is 12.9 Å². The molecule has 0 unspecified atom stereocenters. The number of aliphatic hydroxyl groups is 1. The molecular weight excluding hydrogens is 94.0 g/mol. The number of Topliss-reactive ketones (excluding diaryl/α,β-unsaturated/α-hetero) is 1. The Hall–Kier alpha value is -0.410. The molecule has 0 amide bonds. The molecule has 0 saturated heterocycles. The number of ketones is 1. The highest BCUT2D eigenvalue weighted by atomic mass is 16.3. The van der Waals surface area contributed by atoms with Crippen molar-refractivity contribution in [1.29, 1.82) is 0 Å². The minimum atomic E-state index is -2.99. The molecule has 0 aliphatic rings. The van der Waals surface area contributed by atoms with Crippen LogP contribution in [0.4, 0.5) is 0 Å². The third-order valence-corrected chi connectivity index (χ3v) is 0.500. The number of hydrogen-bond donors (Lipinski definition) is 2. The van der Waals surface area contributed by atoms with Gasteiger partial charge in [0.25, 0.3) is 0 Å². The van der Waals surface area contributed by atoms with Gasteiger partial charge in [-0.1, -0.05) is 0 Å². The monoisotopic (exact) mass is 106 g/mol. The second-order valence-electron chi connectivity index (χ2n) is 1.08. The Morgan fingerprint density at radius 1 is 2.43 bits per heavy atom. The molecule has 0 aromatic heterocycles. The fraction of sp³-hybridized carbons (Fsp3) is 0.750. The van der Waals surface area contributed by atoms with Gasteiger partial charge in [0.05, 0.1) is 16.7 Å². The molecule has 0 bridgehead atoms. The van der Waals surface area contributed by atoms with Crippen LogP contribution in [0.15, 0.2) is 0 Å². The van der Waals surface area contributed by atoms with Crippen LogP contribution in [0.2, 0.25) is 0 Å². The van der Waals surface area contributed by atoms with Gasteiger partial charge in [-0.05, 0) is 6.92 Å². The zero-order valence-electron chi connectivity index (χ0n) is 6.93. The first kappa shape index (κ1) is 2.79. The van der Waals surface area contributed by atoms with Crippen molar-refractivity contribution >= 4 is 5.78 Å². The van der Waals surface area contributed by atoms with Crippen molar-refractivity contribution in [1.82, 2.24) is 0 Å². The van der Waals surface area contributed by atoms with Crippen molar-refractivity contribution in [2.75, 3.05) is 6.56 Å². The third-order valence-electron chi connectivity index (χ3n) is 0.500. The maximum absolute atomic E-state index is 10.4. The Kier molecular flexibility index (Phi) is 1.08. The predicted molar refractivity (Wildman–Crippen MR) is 25.7 cm³/mol. The highest BCUT2D eigenvalue weighted by Crippen LogP contribution is 1.74. The number of carbonyl (C=O) groups excluding carboxylic acids is 1. The van der Waals surface area contributed by atoms with Crippen molar-refractivity contribution in [3.63, 3.8) is 0 Å². The molecule has 0 spiro atoms. The van der Waals surface area contributed by atoms with Crippen LogP contribution in [0.25, 0.3) is 0 Å². The SMILES string of the molecule is [2H]C([2H])(O)[C@@]([2H])(N)C(C)=O. The molecule has 0 rings (SSSR count). The quantitative estimate of drug-likeness (QED) is 0.469. The molecule has 0 radical (unpaired) electrons. The highest BCUT2D eigenvalue weighted by molar-refractivity contribution is 5.81. The third kappa shape index (κ3) is 2.31. The second-order valence-corrected chi connectivity index (χ2v) is 1.08. The summed E-state index contributed by atoms with van der Waals surface area (Å²) in [6.45, 7) is -2.04. The van der Waals surface area contributed by atoms with Gasteiger partial charge >= 0.3 is 0 Å². The Morgan fingerprint density at radius 2 is 2.86 bits per heavy atom. The molecule has 0 aliphatic heterocycles. The summed E-state index contributed by atoms with van der Waals surface area (Å²) in [4.78, 5) is 10.4. The van der Waals surface area contributed by atoms with Crippen LogP contribution >= 0.6 is 0 Å². The molecule has 7 heavy (non-hydrogen) atoms. The van der Waals surface area contributed by atoms with E-state index in [2.05, 4.69) is 0 Å². The maximum atomic E-state index is 10.4. The minimum absolute atomic E-state index is 0.917. The van der Waals surface area contributed by atoms with Crippen LogP contribution < -0.4 is 5.73 Å². The van der Waals surface area contributed by atoms with E-state index in [0.717, 1.165) is 6.92 Å². The second kappa shape index (κ2) is 2.71. The number of hydrogen-bond acceptors (Lipinski definition) is 3. The predicted octanol–water partition coefficient (Wildman–Crippen LogP) is -1.11. The summed E-state index contributed by atoms with van der Waals surface area (Å²) in [7, 11) is 0. The summed E-state index contributed by atoms with van der Waals surface area (Å²) in [5.41, 5.74) is 4.83. The van der Waals surface area contributed by atoms with Crippen LogP contribution in [0.5, 0.6) is 0 Å². The molecular formula is C4H9NO2. The Bertz CT molecular complexity index is 151. The van der Waals surface area contributed by atoms with E-state index in [4.69, 9.17) is 15.0 Å². The van der Waals surface area contributed by atoms with Gasteiger partial charge in [-0.25, -0.2) is 0 Å². The number of carbonyl (C=O) groups is 1. The lowest BCUT2D eigenvalue weighted by Crippen LogP contribution is -2.31. The summed E-state index contributed by atoms with van der Waals surface area (Å²) in [5, 5.41) is 8.52. The average molecular weight is 106 g/mol. The maximum Gasteiger partial charge on any atom is 0.148 e. The lowest BCUT2D eigenvalue weighted by Gasteiger charge is -1.98. The number of nitrogens with two attached hydrogens (primary N) is 1. The van der Waals surface area contributed by atoms with Crippen LogP contribution in [-0.2, 0) is 4.79 Å². The van der Waals surface area contributed by atoms with Gasteiger partial charge in [-0.3, -0.25) is 4.79 Å². The van der Waals surface area contributed by atoms with Gasteiger partial charge in [0, 0.05) is 0 Å². The molecule has 0 heterocycles. The summed E-state index contributed by atoms with van der Waals surface area (Å²) >= 11 is 0. The average Bonchev–Trinajstić information content (AvgIpc) is 1.62.